The molecule has 3 aromatic rings. The molecule has 0 bridgehead atoms. The minimum atomic E-state index is -0.836. The number of rotatable bonds is 47. The van der Waals surface area contributed by atoms with Crippen molar-refractivity contribution in [1.29, 1.82) is 0 Å². The van der Waals surface area contributed by atoms with Gasteiger partial charge in [0, 0.05) is 11.8 Å². The molecule has 3 aliphatic rings. The fraction of sp³-hybridized carbons (Fsp3) is 0.700. The van der Waals surface area contributed by atoms with Crippen LogP contribution in [-0.2, 0) is 67.3 Å². The first-order chi connectivity index (χ1) is 43.4. The molecule has 0 spiro atoms. The lowest BCUT2D eigenvalue weighted by molar-refractivity contribution is -0.148. The van der Waals surface area contributed by atoms with Crippen molar-refractivity contribution < 1.29 is 59.4 Å². The molecule has 3 aliphatic carbocycles. The number of unbranched alkanes of at least 4 members (excludes halogenated alkanes) is 15. The van der Waals surface area contributed by atoms with Crippen molar-refractivity contribution in [3.05, 3.63) is 103 Å². The molecule has 0 radical (unpaired) electrons. The highest BCUT2D eigenvalue weighted by Crippen LogP contribution is 2.65. The molecule has 0 amide bonds. The van der Waals surface area contributed by atoms with Crippen LogP contribution in [0.3, 0.4) is 0 Å². The highest BCUT2D eigenvalue weighted by Gasteiger charge is 2.62. The van der Waals surface area contributed by atoms with Crippen LogP contribution >= 0.6 is 0 Å². The Hall–Kier alpha value is -5.52. The van der Waals surface area contributed by atoms with Crippen LogP contribution in [-0.4, -0.2) is 66.5 Å². The van der Waals surface area contributed by atoms with E-state index in [-0.39, 0.29) is 11.8 Å². The van der Waals surface area contributed by atoms with Gasteiger partial charge >= 0.3 is 35.8 Å². The van der Waals surface area contributed by atoms with Crippen molar-refractivity contribution in [3.8, 4) is 0 Å². The third-order valence-corrected chi connectivity index (χ3v) is 23.1. The second kappa shape index (κ2) is 33.2. The first-order valence-corrected chi connectivity index (χ1v) is 36.1. The van der Waals surface area contributed by atoms with E-state index in [2.05, 4.69) is 65.0 Å². The van der Waals surface area contributed by atoms with Crippen LogP contribution in [0.2, 0.25) is 0 Å². The molecule has 4 atom stereocenters. The summed E-state index contributed by atoms with van der Waals surface area (Å²) in [7, 11) is 0. The summed E-state index contributed by atoms with van der Waals surface area (Å²) in [5.41, 5.74) is 12.3. The van der Waals surface area contributed by atoms with Crippen molar-refractivity contribution in [2.45, 2.75) is 326 Å². The number of carboxylic acid groups (broad SMARTS) is 6. The predicted molar refractivity (Wildman–Crippen MR) is 368 cm³/mol. The quantitative estimate of drug-likeness (QED) is 0.0291. The van der Waals surface area contributed by atoms with E-state index in [4.69, 9.17) is 0 Å². The van der Waals surface area contributed by atoms with Gasteiger partial charge in [0.05, 0.1) is 32.5 Å². The highest BCUT2D eigenvalue weighted by atomic mass is 16.4. The molecule has 3 aromatic carbocycles. The molecule has 0 aromatic heterocycles. The van der Waals surface area contributed by atoms with E-state index in [0.29, 0.717) is 44.9 Å². The lowest BCUT2D eigenvalue weighted by atomic mass is 9.83. The van der Waals surface area contributed by atoms with Crippen LogP contribution in [0.5, 0.6) is 0 Å². The summed E-state index contributed by atoms with van der Waals surface area (Å²) in [6, 6.07) is 11.3. The number of aliphatic carboxylic acids is 6. The van der Waals surface area contributed by atoms with Crippen LogP contribution in [0.4, 0.5) is 0 Å². The molecule has 12 nitrogen and oxygen atoms in total. The van der Waals surface area contributed by atoms with Crippen LogP contribution in [0.15, 0.2) is 30.3 Å². The molecule has 6 N–H and O–H groups in total. The summed E-state index contributed by atoms with van der Waals surface area (Å²) < 4.78 is 0. The number of benzene rings is 3. The lowest BCUT2D eigenvalue weighted by Crippen LogP contribution is -2.23. The topological polar surface area (TPSA) is 224 Å². The number of hydrogen-bond acceptors (Lipinski definition) is 6. The number of carboxylic acids is 6. The van der Waals surface area contributed by atoms with Gasteiger partial charge in [-0.2, -0.15) is 0 Å². The molecule has 512 valence electrons. The third kappa shape index (κ3) is 20.0. The maximum absolute atomic E-state index is 13.5. The Morgan fingerprint density at radius 1 is 0.380 bits per heavy atom. The van der Waals surface area contributed by atoms with E-state index >= 15 is 0 Å². The van der Waals surface area contributed by atoms with Crippen molar-refractivity contribution in [1.82, 2.24) is 0 Å². The molecule has 12 heteroatoms. The summed E-state index contributed by atoms with van der Waals surface area (Å²) in [4.78, 5) is 74.2. The Balaban J connectivity index is 1.12. The van der Waals surface area contributed by atoms with Gasteiger partial charge in [-0.3, -0.25) is 28.8 Å². The minimum Gasteiger partial charge on any atom is -0.481 e. The third-order valence-electron chi connectivity index (χ3n) is 23.1. The molecule has 0 aliphatic heterocycles. The molecule has 92 heavy (non-hydrogen) atoms. The van der Waals surface area contributed by atoms with E-state index < -0.39 is 68.3 Å². The van der Waals surface area contributed by atoms with E-state index in [0.717, 1.165) is 198 Å². The Morgan fingerprint density at radius 2 is 0.761 bits per heavy atom. The van der Waals surface area contributed by atoms with Gasteiger partial charge in [-0.15, -0.1) is 0 Å². The average molecular weight is 1270 g/mol. The van der Waals surface area contributed by atoms with Gasteiger partial charge < -0.3 is 30.6 Å². The SMILES string of the molecule is Cc1cc(CCCCCC2(C(=O)O)CC2)c(CCCCCCC(C)(C)C(=O)O)c(C2CC2(CCCCCc2c(C)ccc(C3CC3(CCCCCc3c(CCCCCCC(C)(C)C(=O)O)cc(C)c(C)c3C)C(=O)O)c2CCCCCCC(C)(C)C(=O)O)C(=O)O)c1. The lowest BCUT2D eigenvalue weighted by Gasteiger charge is -2.21. The highest BCUT2D eigenvalue weighted by molar-refractivity contribution is 5.82. The van der Waals surface area contributed by atoms with Crippen molar-refractivity contribution in [2.24, 2.45) is 32.5 Å². The van der Waals surface area contributed by atoms with Crippen LogP contribution in [0.25, 0.3) is 0 Å². The normalized spacial score (nSPS) is 19.2. The molecular weight excluding hydrogens is 1150 g/mol. The van der Waals surface area contributed by atoms with Crippen LogP contribution in [0, 0.1) is 67.1 Å². The van der Waals surface area contributed by atoms with Crippen LogP contribution < -0.4 is 0 Å². The minimum absolute atomic E-state index is 0.0707. The largest absolute Gasteiger partial charge is 0.481 e. The van der Waals surface area contributed by atoms with Crippen molar-refractivity contribution in [2.75, 3.05) is 0 Å². The van der Waals surface area contributed by atoms with E-state index in [9.17, 15) is 59.4 Å². The smallest absolute Gasteiger partial charge is 0.310 e. The predicted octanol–water partition coefficient (Wildman–Crippen LogP) is 19.7. The van der Waals surface area contributed by atoms with Crippen molar-refractivity contribution >= 4 is 35.8 Å². The van der Waals surface area contributed by atoms with E-state index in [1.165, 1.54) is 66.8 Å². The maximum Gasteiger partial charge on any atom is 0.310 e. The van der Waals surface area contributed by atoms with Gasteiger partial charge in [0.1, 0.15) is 0 Å². The second-order valence-electron chi connectivity index (χ2n) is 31.5. The molecule has 4 unspecified atom stereocenters. The van der Waals surface area contributed by atoms with E-state index in [1.807, 2.05) is 0 Å². The summed E-state index contributed by atoms with van der Waals surface area (Å²) in [6.07, 6.45) is 31.5. The molecule has 0 heterocycles. The Kier molecular flexibility index (Phi) is 27.3. The zero-order valence-corrected chi connectivity index (χ0v) is 58.8. The Morgan fingerprint density at radius 3 is 1.20 bits per heavy atom. The maximum atomic E-state index is 13.5. The average Bonchev–Trinajstić information content (AvgIpc) is 1.57. The zero-order valence-electron chi connectivity index (χ0n) is 58.8. The molecule has 6 rings (SSSR count). The summed E-state index contributed by atoms with van der Waals surface area (Å²) in [6.45, 7) is 21.7. The Labute approximate surface area is 553 Å². The fourth-order valence-electron chi connectivity index (χ4n) is 15.5. The monoisotopic (exact) mass is 1270 g/mol. The van der Waals surface area contributed by atoms with Gasteiger partial charge in [0.15, 0.2) is 0 Å². The second-order valence-corrected chi connectivity index (χ2v) is 31.5. The molecule has 3 fully saturated rings. The van der Waals surface area contributed by atoms with Crippen molar-refractivity contribution in [3.63, 3.8) is 0 Å². The number of hydrogen-bond donors (Lipinski definition) is 6. The van der Waals surface area contributed by atoms with Gasteiger partial charge in [0.2, 0.25) is 0 Å². The summed E-state index contributed by atoms with van der Waals surface area (Å²) >= 11 is 0. The number of carbonyl (C=O) groups is 6. The van der Waals surface area contributed by atoms with Gasteiger partial charge in [-0.25, -0.2) is 0 Å². The summed E-state index contributed by atoms with van der Waals surface area (Å²) in [5, 5.41) is 60.9. The first kappa shape index (κ1) is 75.5. The molecule has 3 saturated carbocycles. The van der Waals surface area contributed by atoms with Gasteiger partial charge in [0.25, 0.3) is 0 Å². The number of aryl methyl sites for hydroxylation is 5. The summed E-state index contributed by atoms with van der Waals surface area (Å²) in [5.74, 6) is -4.55. The Bertz CT molecular complexity index is 3030. The zero-order chi connectivity index (χ0) is 67.8. The fourth-order valence-corrected chi connectivity index (χ4v) is 15.5. The van der Waals surface area contributed by atoms with Gasteiger partial charge in [-0.1, -0.05) is 132 Å². The first-order valence-electron chi connectivity index (χ1n) is 36.1. The standard InChI is InChI=1S/C80H120O12/c1-54-49-59(33-22-18-30-44-78(47-48-78)72(87)88)63(37-23-13-16-28-42-76(8,9)70(83)84)66(50-54)68-53-80(68,74(91)92)46-31-19-25-35-61-55(2)39-40-65(64(61)38-24-14-17-29-43-77(10,11)71(85)86)67-52-79(67,73(89)90)45-32-20-26-36-62-58(5)57(4)56(3)51-60(62)34-21-12-15-27-41-75(6,7)69(81)82/h39-40,49-51,67-68H,12-38,41-48,52-53H2,1-11H3,(H,81,82)(H,83,84)(H,85,86)(H,87,88)(H,89,90)(H,91,92). The molecule has 0 saturated heterocycles. The molecular formula is C80H120O12. The van der Waals surface area contributed by atoms with Gasteiger partial charge in [-0.05, 0) is 284 Å². The van der Waals surface area contributed by atoms with Crippen LogP contribution in [0.1, 0.15) is 325 Å². The van der Waals surface area contributed by atoms with E-state index in [1.54, 1.807) is 41.5 Å².